The molecule has 0 fully saturated rings. The third-order valence-electron chi connectivity index (χ3n) is 5.04. The summed E-state index contributed by atoms with van der Waals surface area (Å²) in [5.41, 5.74) is 1.09. The molecule has 3 aromatic carbocycles. The third-order valence-corrected chi connectivity index (χ3v) is 5.70. The van der Waals surface area contributed by atoms with E-state index in [0.717, 1.165) is 21.3 Å². The SMILES string of the molecule is CCCCN(C(=O)c1ccccc1)N1C(=O)c2cc(Br)c3ccccc3c2C1=O. The van der Waals surface area contributed by atoms with Crippen LogP contribution in [0.4, 0.5) is 0 Å². The Morgan fingerprint density at radius 2 is 1.62 bits per heavy atom. The van der Waals surface area contributed by atoms with Gasteiger partial charge in [-0.2, -0.15) is 5.01 Å². The minimum absolute atomic E-state index is 0.287. The summed E-state index contributed by atoms with van der Waals surface area (Å²) in [6.45, 7) is 2.28. The first-order valence-corrected chi connectivity index (χ1v) is 10.3. The number of halogens is 1. The van der Waals surface area contributed by atoms with Gasteiger partial charge in [-0.15, -0.1) is 0 Å². The zero-order chi connectivity index (χ0) is 20.5. The van der Waals surface area contributed by atoms with Gasteiger partial charge in [0.05, 0.1) is 11.1 Å². The van der Waals surface area contributed by atoms with Gasteiger partial charge < -0.3 is 0 Å². The minimum atomic E-state index is -0.475. The van der Waals surface area contributed by atoms with Gasteiger partial charge in [-0.05, 0) is 35.4 Å². The van der Waals surface area contributed by atoms with Crippen LogP contribution in [0.25, 0.3) is 10.8 Å². The maximum absolute atomic E-state index is 13.4. The van der Waals surface area contributed by atoms with Gasteiger partial charge in [0.1, 0.15) is 0 Å². The molecule has 0 unspecified atom stereocenters. The molecule has 1 aliphatic rings. The monoisotopic (exact) mass is 450 g/mol. The lowest BCUT2D eigenvalue weighted by Crippen LogP contribution is -2.50. The van der Waals surface area contributed by atoms with Gasteiger partial charge in [0, 0.05) is 16.6 Å². The van der Waals surface area contributed by atoms with Crippen LogP contribution in [0.5, 0.6) is 0 Å². The van der Waals surface area contributed by atoms with Crippen molar-refractivity contribution < 1.29 is 14.4 Å². The van der Waals surface area contributed by atoms with Gasteiger partial charge in [-0.3, -0.25) is 14.4 Å². The number of hydrogen-bond donors (Lipinski definition) is 0. The fourth-order valence-corrected chi connectivity index (χ4v) is 4.17. The summed E-state index contributed by atoms with van der Waals surface area (Å²) in [7, 11) is 0. The Labute approximate surface area is 177 Å². The van der Waals surface area contributed by atoms with E-state index in [2.05, 4.69) is 15.9 Å². The lowest BCUT2D eigenvalue weighted by atomic mass is 10.0. The summed E-state index contributed by atoms with van der Waals surface area (Å²) >= 11 is 3.50. The number of benzene rings is 3. The third kappa shape index (κ3) is 3.23. The topological polar surface area (TPSA) is 57.7 Å². The zero-order valence-electron chi connectivity index (χ0n) is 15.9. The van der Waals surface area contributed by atoms with Crippen LogP contribution in [-0.4, -0.2) is 34.3 Å². The van der Waals surface area contributed by atoms with Gasteiger partial charge in [-0.1, -0.05) is 71.7 Å². The molecule has 0 atom stereocenters. The minimum Gasteiger partial charge on any atom is -0.267 e. The fourth-order valence-electron chi connectivity index (χ4n) is 3.59. The van der Waals surface area contributed by atoms with Crippen molar-refractivity contribution in [2.75, 3.05) is 6.54 Å². The number of carbonyl (C=O) groups is 3. The number of imide groups is 1. The van der Waals surface area contributed by atoms with E-state index in [9.17, 15) is 14.4 Å². The molecule has 0 saturated heterocycles. The summed E-state index contributed by atoms with van der Waals surface area (Å²) in [6, 6.07) is 17.8. The maximum Gasteiger partial charge on any atom is 0.281 e. The molecule has 0 saturated carbocycles. The average molecular weight is 451 g/mol. The van der Waals surface area contributed by atoms with E-state index in [1.54, 1.807) is 30.3 Å². The Hall–Kier alpha value is -2.99. The van der Waals surface area contributed by atoms with Crippen LogP contribution in [0.3, 0.4) is 0 Å². The molecule has 3 amide bonds. The number of nitrogens with zero attached hydrogens (tertiary/aromatic N) is 2. The zero-order valence-corrected chi connectivity index (χ0v) is 17.5. The number of amides is 3. The number of rotatable bonds is 5. The van der Waals surface area contributed by atoms with E-state index in [4.69, 9.17) is 0 Å². The van der Waals surface area contributed by atoms with E-state index >= 15 is 0 Å². The van der Waals surface area contributed by atoms with Crippen LogP contribution in [0, 0.1) is 0 Å². The normalized spacial score (nSPS) is 13.1. The molecule has 4 rings (SSSR count). The van der Waals surface area contributed by atoms with Gasteiger partial charge in [0.2, 0.25) is 0 Å². The molecule has 1 heterocycles. The number of unbranched alkanes of at least 4 members (excludes halogenated alkanes) is 1. The lowest BCUT2D eigenvalue weighted by molar-refractivity contribution is 0.00346. The standard InChI is InChI=1S/C23H19BrN2O3/c1-2-3-13-25(21(27)15-9-5-4-6-10-15)26-22(28)18-14-19(24)16-11-7-8-12-17(16)20(18)23(26)29/h4-12,14H,2-3,13H2,1H3. The van der Waals surface area contributed by atoms with E-state index in [1.165, 1.54) is 5.01 Å². The van der Waals surface area contributed by atoms with Crippen molar-refractivity contribution in [2.45, 2.75) is 19.8 Å². The molecule has 29 heavy (non-hydrogen) atoms. The predicted octanol–water partition coefficient (Wildman–Crippen LogP) is 5.06. The van der Waals surface area contributed by atoms with Crippen LogP contribution >= 0.6 is 15.9 Å². The highest BCUT2D eigenvalue weighted by atomic mass is 79.9. The van der Waals surface area contributed by atoms with Crippen molar-refractivity contribution in [3.63, 3.8) is 0 Å². The highest BCUT2D eigenvalue weighted by molar-refractivity contribution is 9.10. The van der Waals surface area contributed by atoms with Crippen molar-refractivity contribution in [1.82, 2.24) is 10.0 Å². The molecule has 3 aromatic rings. The molecule has 146 valence electrons. The van der Waals surface area contributed by atoms with Gasteiger partial charge in [-0.25, -0.2) is 5.01 Å². The second-order valence-electron chi connectivity index (χ2n) is 6.90. The van der Waals surface area contributed by atoms with E-state index < -0.39 is 11.8 Å². The number of fused-ring (bicyclic) bond motifs is 3. The first-order valence-electron chi connectivity index (χ1n) is 9.51. The Bertz CT molecular complexity index is 1130. The number of hydrazine groups is 1. The quantitative estimate of drug-likeness (QED) is 0.510. The predicted molar refractivity (Wildman–Crippen MR) is 115 cm³/mol. The highest BCUT2D eigenvalue weighted by Gasteiger charge is 2.42. The Morgan fingerprint density at radius 3 is 2.31 bits per heavy atom. The molecular weight excluding hydrogens is 432 g/mol. The van der Waals surface area contributed by atoms with Crippen molar-refractivity contribution in [1.29, 1.82) is 0 Å². The summed E-state index contributed by atoms with van der Waals surface area (Å²) < 4.78 is 0.740. The summed E-state index contributed by atoms with van der Waals surface area (Å²) in [5, 5.41) is 3.84. The Balaban J connectivity index is 1.82. The van der Waals surface area contributed by atoms with Crippen molar-refractivity contribution in [3.8, 4) is 0 Å². The van der Waals surface area contributed by atoms with Gasteiger partial charge in [0.25, 0.3) is 17.7 Å². The summed E-state index contributed by atoms with van der Waals surface area (Å²) in [5.74, 6) is -1.30. The molecule has 1 aliphatic heterocycles. The maximum atomic E-state index is 13.4. The van der Waals surface area contributed by atoms with Gasteiger partial charge in [0.15, 0.2) is 0 Å². The van der Waals surface area contributed by atoms with Crippen LogP contribution in [-0.2, 0) is 0 Å². The average Bonchev–Trinajstić information content (AvgIpc) is 2.99. The van der Waals surface area contributed by atoms with Crippen LogP contribution in [0.2, 0.25) is 0 Å². The van der Waals surface area contributed by atoms with Crippen LogP contribution in [0.15, 0.2) is 65.1 Å². The smallest absolute Gasteiger partial charge is 0.267 e. The first-order chi connectivity index (χ1) is 14.0. The second-order valence-corrected chi connectivity index (χ2v) is 7.75. The summed E-state index contributed by atoms with van der Waals surface area (Å²) in [4.78, 5) is 39.8. The molecule has 0 spiro atoms. The van der Waals surface area contributed by atoms with E-state index in [0.29, 0.717) is 28.5 Å². The van der Waals surface area contributed by atoms with Crippen molar-refractivity contribution in [3.05, 3.63) is 81.8 Å². The fraction of sp³-hybridized carbons (Fsp3) is 0.174. The number of carbonyl (C=O) groups excluding carboxylic acids is 3. The highest BCUT2D eigenvalue weighted by Crippen LogP contribution is 2.36. The second kappa shape index (κ2) is 7.79. The molecule has 0 bridgehead atoms. The summed E-state index contributed by atoms with van der Waals surface area (Å²) in [6.07, 6.45) is 1.51. The molecule has 6 heteroatoms. The van der Waals surface area contributed by atoms with E-state index in [1.807, 2.05) is 37.3 Å². The molecule has 0 aromatic heterocycles. The largest absolute Gasteiger partial charge is 0.281 e. The molecular formula is C23H19BrN2O3. The van der Waals surface area contributed by atoms with Crippen LogP contribution < -0.4 is 0 Å². The van der Waals surface area contributed by atoms with Crippen molar-refractivity contribution in [2.24, 2.45) is 0 Å². The van der Waals surface area contributed by atoms with Crippen molar-refractivity contribution >= 4 is 44.4 Å². The van der Waals surface area contributed by atoms with Crippen LogP contribution in [0.1, 0.15) is 50.8 Å². The Kier molecular flexibility index (Phi) is 5.20. The van der Waals surface area contributed by atoms with E-state index in [-0.39, 0.29) is 12.5 Å². The molecule has 0 radical (unpaired) electrons. The molecule has 0 N–H and O–H groups in total. The number of hydrogen-bond acceptors (Lipinski definition) is 3. The lowest BCUT2D eigenvalue weighted by Gasteiger charge is -2.30. The molecule has 5 nitrogen and oxygen atoms in total. The Morgan fingerprint density at radius 1 is 0.966 bits per heavy atom. The first kappa shape index (κ1) is 19.3. The molecule has 0 aliphatic carbocycles. The van der Waals surface area contributed by atoms with Gasteiger partial charge >= 0.3 is 0 Å².